The van der Waals surface area contributed by atoms with Crippen molar-refractivity contribution in [1.29, 1.82) is 0 Å². The third kappa shape index (κ3) is 2.57. The van der Waals surface area contributed by atoms with E-state index in [2.05, 4.69) is 0 Å². The highest BCUT2D eigenvalue weighted by Gasteiger charge is 2.33. The van der Waals surface area contributed by atoms with Gasteiger partial charge in [0.15, 0.2) is 0 Å². The molecular formula is C16H14FNO4S. The molecule has 1 heterocycles. The minimum atomic E-state index is -3.86. The zero-order valence-electron chi connectivity index (χ0n) is 12.3. The number of aryl methyl sites for hydroxylation is 1. The third-order valence-electron chi connectivity index (χ3n) is 3.83. The van der Waals surface area contributed by atoms with Gasteiger partial charge in [-0.2, -0.15) is 0 Å². The average molecular weight is 335 g/mol. The molecule has 1 aliphatic heterocycles. The highest BCUT2D eigenvalue weighted by atomic mass is 32.2. The molecule has 23 heavy (non-hydrogen) atoms. The lowest BCUT2D eigenvalue weighted by molar-refractivity contribution is 0.0696. The maximum Gasteiger partial charge on any atom is 0.335 e. The van der Waals surface area contributed by atoms with Crippen molar-refractivity contribution in [2.24, 2.45) is 0 Å². The van der Waals surface area contributed by atoms with Gasteiger partial charge in [0.25, 0.3) is 10.0 Å². The van der Waals surface area contributed by atoms with E-state index >= 15 is 0 Å². The molecule has 1 aliphatic rings. The van der Waals surface area contributed by atoms with Gasteiger partial charge in [0, 0.05) is 6.54 Å². The molecular weight excluding hydrogens is 321 g/mol. The summed E-state index contributed by atoms with van der Waals surface area (Å²) in [5.74, 6) is -2.14. The summed E-state index contributed by atoms with van der Waals surface area (Å²) in [6.07, 6.45) is 0.469. The summed E-state index contributed by atoms with van der Waals surface area (Å²) in [6, 6.07) is 8.25. The second kappa shape index (κ2) is 5.34. The molecule has 1 N–H and O–H groups in total. The molecule has 0 bridgehead atoms. The number of hydrogen-bond acceptors (Lipinski definition) is 3. The molecule has 7 heteroatoms. The van der Waals surface area contributed by atoms with Gasteiger partial charge in [0.1, 0.15) is 5.82 Å². The van der Waals surface area contributed by atoms with E-state index in [-0.39, 0.29) is 22.7 Å². The summed E-state index contributed by atoms with van der Waals surface area (Å²) in [5, 5.41) is 8.87. The second-order valence-electron chi connectivity index (χ2n) is 5.41. The highest BCUT2D eigenvalue weighted by Crippen LogP contribution is 2.33. The summed E-state index contributed by atoms with van der Waals surface area (Å²) >= 11 is 0. The number of halogens is 1. The summed E-state index contributed by atoms with van der Waals surface area (Å²) in [6.45, 7) is 1.99. The van der Waals surface area contributed by atoms with Crippen LogP contribution >= 0.6 is 0 Å². The Morgan fingerprint density at radius 1 is 1.22 bits per heavy atom. The van der Waals surface area contributed by atoms with E-state index in [0.717, 1.165) is 15.9 Å². The van der Waals surface area contributed by atoms with Gasteiger partial charge < -0.3 is 5.11 Å². The van der Waals surface area contributed by atoms with Crippen molar-refractivity contribution in [2.75, 3.05) is 10.8 Å². The van der Waals surface area contributed by atoms with E-state index < -0.39 is 21.8 Å². The van der Waals surface area contributed by atoms with Crippen LogP contribution in [0.3, 0.4) is 0 Å². The number of carboxylic acids is 1. The number of benzene rings is 2. The molecule has 0 spiro atoms. The van der Waals surface area contributed by atoms with E-state index in [1.165, 1.54) is 18.2 Å². The van der Waals surface area contributed by atoms with Crippen molar-refractivity contribution in [3.8, 4) is 0 Å². The number of carboxylic acid groups (broad SMARTS) is 1. The standard InChI is InChI=1S/C16H14FNO4S/c1-10-2-5-15-11(8-10)6-7-18(23(15,21)22)14-4-3-12(16(19)20)9-13(14)17/h2-5,8-9H,6-7H2,1H3,(H,19,20). The Bertz CT molecular complexity index is 908. The minimum Gasteiger partial charge on any atom is -0.478 e. The summed E-state index contributed by atoms with van der Waals surface area (Å²) in [7, 11) is -3.86. The molecule has 120 valence electrons. The Kier molecular flexibility index (Phi) is 3.60. The lowest BCUT2D eigenvalue weighted by Gasteiger charge is -2.30. The summed E-state index contributed by atoms with van der Waals surface area (Å²) in [4.78, 5) is 11.0. The van der Waals surface area contributed by atoms with Crippen LogP contribution in [0, 0.1) is 12.7 Å². The first-order chi connectivity index (χ1) is 10.8. The van der Waals surface area contributed by atoms with E-state index in [9.17, 15) is 17.6 Å². The number of aromatic carboxylic acids is 1. The van der Waals surface area contributed by atoms with Gasteiger partial charge in [-0.05, 0) is 43.2 Å². The molecule has 0 radical (unpaired) electrons. The number of nitrogens with zero attached hydrogens (tertiary/aromatic N) is 1. The number of anilines is 1. The number of sulfonamides is 1. The van der Waals surface area contributed by atoms with E-state index in [0.29, 0.717) is 12.0 Å². The minimum absolute atomic E-state index is 0.113. The quantitative estimate of drug-likeness (QED) is 0.915. The zero-order chi connectivity index (χ0) is 16.8. The molecule has 0 saturated carbocycles. The van der Waals surface area contributed by atoms with Crippen LogP contribution in [0.4, 0.5) is 10.1 Å². The first-order valence-corrected chi connectivity index (χ1v) is 8.40. The van der Waals surface area contributed by atoms with Crippen molar-refractivity contribution in [2.45, 2.75) is 18.2 Å². The lowest BCUT2D eigenvalue weighted by Crippen LogP contribution is -2.38. The average Bonchev–Trinajstić information content (AvgIpc) is 2.47. The number of fused-ring (bicyclic) bond motifs is 1. The maximum atomic E-state index is 14.2. The third-order valence-corrected chi connectivity index (χ3v) is 5.75. The Balaban J connectivity index is 2.09. The van der Waals surface area contributed by atoms with Gasteiger partial charge in [-0.1, -0.05) is 17.7 Å². The van der Waals surface area contributed by atoms with Crippen molar-refractivity contribution < 1.29 is 22.7 Å². The molecule has 0 fully saturated rings. The molecule has 0 aromatic heterocycles. The second-order valence-corrected chi connectivity index (χ2v) is 7.24. The molecule has 0 saturated heterocycles. The maximum absolute atomic E-state index is 14.2. The van der Waals surface area contributed by atoms with Gasteiger partial charge in [-0.15, -0.1) is 0 Å². The fourth-order valence-electron chi connectivity index (χ4n) is 2.71. The van der Waals surface area contributed by atoms with Crippen LogP contribution in [0.25, 0.3) is 0 Å². The van der Waals surface area contributed by atoms with Crippen LogP contribution < -0.4 is 4.31 Å². The largest absolute Gasteiger partial charge is 0.478 e. The summed E-state index contributed by atoms with van der Waals surface area (Å²) < 4.78 is 40.7. The van der Waals surface area contributed by atoms with E-state index in [1.54, 1.807) is 6.07 Å². The SMILES string of the molecule is Cc1ccc2c(c1)CCN(c1ccc(C(=O)O)cc1F)S2(=O)=O. The van der Waals surface area contributed by atoms with Crippen LogP contribution in [-0.4, -0.2) is 26.0 Å². The number of hydrogen-bond donors (Lipinski definition) is 1. The molecule has 2 aromatic rings. The van der Waals surface area contributed by atoms with Gasteiger partial charge in [-0.3, -0.25) is 4.31 Å². The van der Waals surface area contributed by atoms with Crippen LogP contribution in [0.2, 0.25) is 0 Å². The number of carbonyl (C=O) groups is 1. The highest BCUT2D eigenvalue weighted by molar-refractivity contribution is 7.93. The monoisotopic (exact) mass is 335 g/mol. The Morgan fingerprint density at radius 3 is 2.61 bits per heavy atom. The van der Waals surface area contributed by atoms with Gasteiger partial charge in [0.2, 0.25) is 0 Å². The smallest absolute Gasteiger partial charge is 0.335 e. The molecule has 2 aromatic carbocycles. The van der Waals surface area contributed by atoms with Crippen LogP contribution in [0.1, 0.15) is 21.5 Å². The predicted molar refractivity (Wildman–Crippen MR) is 82.8 cm³/mol. The molecule has 0 atom stereocenters. The molecule has 0 amide bonds. The van der Waals surface area contributed by atoms with Crippen molar-refractivity contribution in [3.63, 3.8) is 0 Å². The summed E-state index contributed by atoms with van der Waals surface area (Å²) in [5.41, 5.74) is 1.31. The van der Waals surface area contributed by atoms with E-state index in [4.69, 9.17) is 5.11 Å². The zero-order valence-corrected chi connectivity index (χ0v) is 13.1. The first kappa shape index (κ1) is 15.5. The topological polar surface area (TPSA) is 74.7 Å². The predicted octanol–water partition coefficient (Wildman–Crippen LogP) is 2.58. The molecule has 0 aliphatic carbocycles. The normalized spacial score (nSPS) is 16.0. The Hall–Kier alpha value is -2.41. The van der Waals surface area contributed by atoms with Crippen LogP contribution in [-0.2, 0) is 16.4 Å². The molecule has 5 nitrogen and oxygen atoms in total. The Morgan fingerprint density at radius 2 is 1.96 bits per heavy atom. The molecule has 0 unspecified atom stereocenters. The van der Waals surface area contributed by atoms with Crippen molar-refractivity contribution in [1.82, 2.24) is 0 Å². The van der Waals surface area contributed by atoms with Crippen molar-refractivity contribution >= 4 is 21.7 Å². The lowest BCUT2D eigenvalue weighted by atomic mass is 10.1. The fourth-order valence-corrected chi connectivity index (χ4v) is 4.42. The fraction of sp³-hybridized carbons (Fsp3) is 0.188. The van der Waals surface area contributed by atoms with Crippen LogP contribution in [0.5, 0.6) is 0 Å². The van der Waals surface area contributed by atoms with Crippen LogP contribution in [0.15, 0.2) is 41.3 Å². The van der Waals surface area contributed by atoms with Crippen molar-refractivity contribution in [3.05, 3.63) is 58.9 Å². The van der Waals surface area contributed by atoms with Gasteiger partial charge >= 0.3 is 5.97 Å². The number of rotatable bonds is 2. The van der Waals surface area contributed by atoms with Gasteiger partial charge in [0.05, 0.1) is 16.1 Å². The van der Waals surface area contributed by atoms with E-state index in [1.807, 2.05) is 13.0 Å². The molecule has 3 rings (SSSR count). The Labute approximate surface area is 133 Å². The first-order valence-electron chi connectivity index (χ1n) is 6.96. The van der Waals surface area contributed by atoms with Gasteiger partial charge in [-0.25, -0.2) is 17.6 Å².